The highest BCUT2D eigenvalue weighted by Crippen LogP contribution is 2.27. The molecule has 0 unspecified atom stereocenters. The molecule has 0 N–H and O–H groups in total. The van der Waals surface area contributed by atoms with Crippen molar-refractivity contribution < 1.29 is 13.2 Å². The number of alkyl halides is 3. The number of hydrogen-bond acceptors (Lipinski definition) is 3. The van der Waals surface area contributed by atoms with Gasteiger partial charge >= 0.3 is 6.18 Å². The van der Waals surface area contributed by atoms with E-state index in [1.54, 1.807) is 12.3 Å². The molecule has 90 valence electrons. The predicted molar refractivity (Wildman–Crippen MR) is 58.2 cm³/mol. The summed E-state index contributed by atoms with van der Waals surface area (Å²) in [6.45, 7) is 0. The van der Waals surface area contributed by atoms with E-state index >= 15 is 0 Å². The Morgan fingerprint density at radius 3 is 2.65 bits per heavy atom. The number of pyridine rings is 1. The molecule has 0 aliphatic carbocycles. The quantitative estimate of drug-likeness (QED) is 0.738. The molecule has 2 aromatic rings. The molecule has 3 nitrogen and oxygen atoms in total. The van der Waals surface area contributed by atoms with E-state index in [2.05, 4.69) is 4.98 Å². The fourth-order valence-electron chi connectivity index (χ4n) is 1.36. The fraction of sp³-hybridized carbons (Fsp3) is 0.200. The molecule has 17 heavy (non-hydrogen) atoms. The fourth-order valence-corrected chi connectivity index (χ4v) is 1.78. The molecule has 2 rings (SSSR count). The van der Waals surface area contributed by atoms with Crippen molar-refractivity contribution in [2.75, 3.05) is 6.26 Å². The van der Waals surface area contributed by atoms with Crippen LogP contribution in [0.4, 0.5) is 13.2 Å². The number of aromatic nitrogens is 2. The lowest BCUT2D eigenvalue weighted by Gasteiger charge is -2.07. The molecule has 0 saturated heterocycles. The molecule has 0 aliphatic rings. The van der Waals surface area contributed by atoms with Crippen LogP contribution in [0.5, 0.6) is 0 Å². The number of thioether (sulfide) groups is 1. The van der Waals surface area contributed by atoms with Gasteiger partial charge in [0.2, 0.25) is 0 Å². The topological polar surface area (TPSA) is 34.4 Å². The first-order valence-corrected chi connectivity index (χ1v) is 5.79. The highest BCUT2D eigenvalue weighted by molar-refractivity contribution is 7.98. The van der Waals surface area contributed by atoms with Gasteiger partial charge in [0.15, 0.2) is 5.69 Å². The third-order valence-corrected chi connectivity index (χ3v) is 2.89. The summed E-state index contributed by atoms with van der Waals surface area (Å²) in [7, 11) is 0. The van der Waals surface area contributed by atoms with Crippen molar-refractivity contribution in [2.45, 2.75) is 11.1 Å². The molecule has 0 bridgehead atoms. The van der Waals surface area contributed by atoms with Gasteiger partial charge in [-0.25, -0.2) is 4.98 Å². The second-order valence-electron chi connectivity index (χ2n) is 3.27. The van der Waals surface area contributed by atoms with Gasteiger partial charge in [-0.1, -0.05) is 0 Å². The van der Waals surface area contributed by atoms with Crippen molar-refractivity contribution in [3.63, 3.8) is 0 Å². The molecule has 0 saturated carbocycles. The van der Waals surface area contributed by atoms with Crippen LogP contribution in [0.25, 0.3) is 5.65 Å². The molecule has 0 radical (unpaired) electrons. The summed E-state index contributed by atoms with van der Waals surface area (Å²) in [5.41, 5.74) is -1.91. The van der Waals surface area contributed by atoms with Gasteiger partial charge in [0.25, 0.3) is 5.56 Å². The number of fused-ring (bicyclic) bond motifs is 1. The van der Waals surface area contributed by atoms with E-state index < -0.39 is 17.4 Å². The smallest absolute Gasteiger partial charge is 0.269 e. The van der Waals surface area contributed by atoms with Crippen LogP contribution >= 0.6 is 11.8 Å². The van der Waals surface area contributed by atoms with E-state index in [1.165, 1.54) is 24.0 Å². The zero-order valence-electron chi connectivity index (χ0n) is 8.65. The summed E-state index contributed by atoms with van der Waals surface area (Å²) in [6, 6.07) is 3.58. The van der Waals surface area contributed by atoms with Gasteiger partial charge in [0.1, 0.15) is 5.65 Å². The van der Waals surface area contributed by atoms with E-state index in [1.807, 2.05) is 0 Å². The van der Waals surface area contributed by atoms with Crippen molar-refractivity contribution in [1.82, 2.24) is 9.38 Å². The van der Waals surface area contributed by atoms with Gasteiger partial charge < -0.3 is 0 Å². The van der Waals surface area contributed by atoms with Gasteiger partial charge in [0.05, 0.1) is 0 Å². The normalized spacial score (nSPS) is 12.0. The van der Waals surface area contributed by atoms with Gasteiger partial charge in [0, 0.05) is 17.2 Å². The summed E-state index contributed by atoms with van der Waals surface area (Å²) < 4.78 is 38.5. The van der Waals surface area contributed by atoms with E-state index in [0.717, 1.165) is 9.30 Å². The average molecular weight is 260 g/mol. The average Bonchev–Trinajstić information content (AvgIpc) is 2.27. The summed E-state index contributed by atoms with van der Waals surface area (Å²) >= 11 is 1.37. The molecule has 2 heterocycles. The molecule has 0 atom stereocenters. The van der Waals surface area contributed by atoms with Crippen molar-refractivity contribution in [3.05, 3.63) is 40.4 Å². The van der Waals surface area contributed by atoms with Gasteiger partial charge in [-0.2, -0.15) is 13.2 Å². The number of rotatable bonds is 1. The maximum atomic E-state index is 12.5. The molecular weight excluding hydrogens is 253 g/mol. The Labute approximate surface area is 98.3 Å². The molecule has 0 spiro atoms. The Morgan fingerprint density at radius 1 is 1.35 bits per heavy atom. The van der Waals surface area contributed by atoms with Crippen LogP contribution < -0.4 is 5.56 Å². The zero-order chi connectivity index (χ0) is 12.6. The molecule has 2 aromatic heterocycles. The van der Waals surface area contributed by atoms with Gasteiger partial charge in [-0.15, -0.1) is 11.8 Å². The number of hydrogen-bond donors (Lipinski definition) is 0. The minimum Gasteiger partial charge on any atom is -0.269 e. The molecule has 0 aromatic carbocycles. The number of halogens is 3. The van der Waals surface area contributed by atoms with Crippen LogP contribution in [0.1, 0.15) is 5.69 Å². The van der Waals surface area contributed by atoms with Crippen LogP contribution in [-0.2, 0) is 6.18 Å². The third-order valence-electron chi connectivity index (χ3n) is 2.16. The maximum Gasteiger partial charge on any atom is 0.433 e. The van der Waals surface area contributed by atoms with Crippen molar-refractivity contribution >= 4 is 17.4 Å². The Morgan fingerprint density at radius 2 is 2.06 bits per heavy atom. The Kier molecular flexibility index (Phi) is 2.86. The summed E-state index contributed by atoms with van der Waals surface area (Å²) in [6.07, 6.45) is -1.41. The first kappa shape index (κ1) is 12.0. The molecule has 0 aliphatic heterocycles. The first-order valence-electron chi connectivity index (χ1n) is 4.56. The predicted octanol–water partition coefficient (Wildman–Crippen LogP) is 2.44. The minimum absolute atomic E-state index is 0.00308. The summed E-state index contributed by atoms with van der Waals surface area (Å²) in [4.78, 5) is 15.6. The van der Waals surface area contributed by atoms with Crippen molar-refractivity contribution in [3.8, 4) is 0 Å². The second kappa shape index (κ2) is 4.06. The SMILES string of the molecule is CSc1ccn2c(=O)cc(C(F)(F)F)nc2c1. The van der Waals surface area contributed by atoms with Crippen LogP contribution in [0.3, 0.4) is 0 Å². The van der Waals surface area contributed by atoms with E-state index in [4.69, 9.17) is 0 Å². The Balaban J connectivity index is 2.75. The largest absolute Gasteiger partial charge is 0.433 e. The standard InChI is InChI=1S/C10H7F3N2OS/c1-17-6-2-3-15-8(4-6)14-7(5-9(15)16)10(11,12)13/h2-5H,1H3. The molecular formula is C10H7F3N2OS. The van der Waals surface area contributed by atoms with Crippen LogP contribution in [0.15, 0.2) is 34.1 Å². The molecule has 0 fully saturated rings. The van der Waals surface area contributed by atoms with Gasteiger partial charge in [-0.3, -0.25) is 9.20 Å². The van der Waals surface area contributed by atoms with E-state index in [0.29, 0.717) is 6.07 Å². The van der Waals surface area contributed by atoms with E-state index in [-0.39, 0.29) is 5.65 Å². The van der Waals surface area contributed by atoms with Gasteiger partial charge in [-0.05, 0) is 18.4 Å². The van der Waals surface area contributed by atoms with E-state index in [9.17, 15) is 18.0 Å². The van der Waals surface area contributed by atoms with Crippen LogP contribution in [-0.4, -0.2) is 15.6 Å². The van der Waals surface area contributed by atoms with Crippen LogP contribution in [0.2, 0.25) is 0 Å². The highest BCUT2D eigenvalue weighted by atomic mass is 32.2. The maximum absolute atomic E-state index is 12.5. The van der Waals surface area contributed by atoms with Crippen molar-refractivity contribution in [2.24, 2.45) is 0 Å². The monoisotopic (exact) mass is 260 g/mol. The summed E-state index contributed by atoms with van der Waals surface area (Å²) in [5.74, 6) is 0. The Hall–Kier alpha value is -1.50. The molecule has 0 amide bonds. The third kappa shape index (κ3) is 2.28. The zero-order valence-corrected chi connectivity index (χ0v) is 9.47. The minimum atomic E-state index is -4.61. The Bertz CT molecular complexity index is 621. The lowest BCUT2D eigenvalue weighted by atomic mass is 10.3. The molecule has 7 heteroatoms. The second-order valence-corrected chi connectivity index (χ2v) is 4.15. The lowest BCUT2D eigenvalue weighted by Crippen LogP contribution is -2.19. The highest BCUT2D eigenvalue weighted by Gasteiger charge is 2.33. The first-order chi connectivity index (χ1) is 7.91. The lowest BCUT2D eigenvalue weighted by molar-refractivity contribution is -0.141. The number of nitrogens with zero attached hydrogens (tertiary/aromatic N) is 2. The van der Waals surface area contributed by atoms with Crippen LogP contribution in [0, 0.1) is 0 Å². The summed E-state index contributed by atoms with van der Waals surface area (Å²) in [5, 5.41) is 0. The van der Waals surface area contributed by atoms with Crippen molar-refractivity contribution in [1.29, 1.82) is 0 Å².